The normalized spacial score (nSPS) is 13.2. The van der Waals surface area contributed by atoms with Crippen LogP contribution in [0, 0.1) is 0 Å². The van der Waals surface area contributed by atoms with E-state index in [-0.39, 0.29) is 11.4 Å². The van der Waals surface area contributed by atoms with E-state index in [1.54, 1.807) is 0 Å². The zero-order valence-electron chi connectivity index (χ0n) is 10.5. The maximum Gasteiger partial charge on any atom is 0.322 e. The topological polar surface area (TPSA) is 130 Å². The third-order valence-corrected chi connectivity index (χ3v) is 4.17. The molecule has 0 radical (unpaired) electrons. The number of carbonyl (C=O) groups is 1. The molecule has 0 bridgehead atoms. The highest BCUT2D eigenvalue weighted by Gasteiger charge is 2.27. The van der Waals surface area contributed by atoms with Gasteiger partial charge >= 0.3 is 5.97 Å². The summed E-state index contributed by atoms with van der Waals surface area (Å²) in [5.41, 5.74) is 0.519. The molecule has 0 aromatic carbocycles. The SMILES string of the molecule is Cn1nccc1S(=O)(=O)N[C@H](Cc1cnc[nH]1)C(=O)O. The molecule has 10 heteroatoms. The number of hydrogen-bond donors (Lipinski definition) is 3. The number of aliphatic carboxylic acids is 1. The summed E-state index contributed by atoms with van der Waals surface area (Å²) in [5.74, 6) is -1.27. The maximum atomic E-state index is 12.1. The first-order valence-electron chi connectivity index (χ1n) is 5.60. The summed E-state index contributed by atoms with van der Waals surface area (Å²) in [5, 5.41) is 12.8. The molecule has 0 saturated carbocycles. The molecule has 0 aliphatic heterocycles. The van der Waals surface area contributed by atoms with Gasteiger partial charge < -0.3 is 10.1 Å². The second-order valence-corrected chi connectivity index (χ2v) is 5.75. The van der Waals surface area contributed by atoms with Crippen LogP contribution in [0.3, 0.4) is 0 Å². The summed E-state index contributed by atoms with van der Waals surface area (Å²) in [6.07, 6.45) is 4.11. The van der Waals surface area contributed by atoms with E-state index >= 15 is 0 Å². The number of rotatable bonds is 6. The van der Waals surface area contributed by atoms with E-state index in [1.165, 1.54) is 31.8 Å². The smallest absolute Gasteiger partial charge is 0.322 e. The Kier molecular flexibility index (Phi) is 3.86. The van der Waals surface area contributed by atoms with E-state index in [9.17, 15) is 13.2 Å². The van der Waals surface area contributed by atoms with Gasteiger partial charge in [-0.15, -0.1) is 0 Å². The minimum absolute atomic E-state index is 0.0353. The molecule has 0 aliphatic carbocycles. The van der Waals surface area contributed by atoms with Gasteiger partial charge in [-0.2, -0.15) is 9.82 Å². The number of aryl methyl sites for hydroxylation is 1. The Morgan fingerprint density at radius 1 is 1.60 bits per heavy atom. The molecular weight excluding hydrogens is 286 g/mol. The lowest BCUT2D eigenvalue weighted by Crippen LogP contribution is -2.42. The summed E-state index contributed by atoms with van der Waals surface area (Å²) in [4.78, 5) is 17.7. The van der Waals surface area contributed by atoms with Crippen molar-refractivity contribution in [2.75, 3.05) is 0 Å². The van der Waals surface area contributed by atoms with Gasteiger partial charge in [-0.1, -0.05) is 0 Å². The van der Waals surface area contributed by atoms with Gasteiger partial charge in [0.1, 0.15) is 6.04 Å². The monoisotopic (exact) mass is 299 g/mol. The fourth-order valence-corrected chi connectivity index (χ4v) is 2.98. The fourth-order valence-electron chi connectivity index (χ4n) is 1.67. The van der Waals surface area contributed by atoms with Gasteiger partial charge in [-0.25, -0.2) is 13.4 Å². The minimum Gasteiger partial charge on any atom is -0.480 e. The second kappa shape index (κ2) is 5.43. The summed E-state index contributed by atoms with van der Waals surface area (Å²) in [6, 6.07) is -0.00684. The van der Waals surface area contributed by atoms with E-state index in [4.69, 9.17) is 5.11 Å². The van der Waals surface area contributed by atoms with Crippen LogP contribution in [0.4, 0.5) is 0 Å². The van der Waals surface area contributed by atoms with Crippen LogP contribution >= 0.6 is 0 Å². The molecule has 0 fully saturated rings. The van der Waals surface area contributed by atoms with Crippen LogP contribution in [0.2, 0.25) is 0 Å². The highest BCUT2D eigenvalue weighted by Crippen LogP contribution is 2.09. The van der Waals surface area contributed by atoms with Crippen molar-refractivity contribution in [2.24, 2.45) is 7.05 Å². The van der Waals surface area contributed by atoms with Crippen LogP contribution in [0.25, 0.3) is 0 Å². The van der Waals surface area contributed by atoms with Crippen LogP contribution in [-0.4, -0.2) is 45.3 Å². The molecule has 0 amide bonds. The zero-order valence-corrected chi connectivity index (χ0v) is 11.3. The standard InChI is InChI=1S/C10H13N5O4S/c1-15-9(2-3-13-15)20(18,19)14-8(10(16)17)4-7-5-11-6-12-7/h2-3,5-6,8,14H,4H2,1H3,(H,11,12)(H,16,17)/t8-/m1/s1. The number of nitrogens with one attached hydrogen (secondary N) is 2. The first-order chi connectivity index (χ1) is 9.40. The largest absolute Gasteiger partial charge is 0.480 e. The number of carboxylic acid groups (broad SMARTS) is 1. The van der Waals surface area contributed by atoms with Crippen LogP contribution in [0.15, 0.2) is 29.8 Å². The molecular formula is C10H13N5O4S. The van der Waals surface area contributed by atoms with Crippen molar-refractivity contribution in [1.29, 1.82) is 0 Å². The zero-order chi connectivity index (χ0) is 14.8. The lowest BCUT2D eigenvalue weighted by atomic mass is 10.2. The Morgan fingerprint density at radius 2 is 2.35 bits per heavy atom. The summed E-state index contributed by atoms with van der Waals surface area (Å²) in [6.45, 7) is 0. The van der Waals surface area contributed by atoms with Crippen molar-refractivity contribution < 1.29 is 18.3 Å². The lowest BCUT2D eigenvalue weighted by molar-refractivity contribution is -0.138. The molecule has 2 aromatic rings. The average molecular weight is 299 g/mol. The van der Waals surface area contributed by atoms with Gasteiger partial charge in [-0.05, 0) is 6.07 Å². The molecule has 1 atom stereocenters. The van der Waals surface area contributed by atoms with Crippen molar-refractivity contribution in [3.8, 4) is 0 Å². The van der Waals surface area contributed by atoms with Gasteiger partial charge in [0, 0.05) is 25.4 Å². The third kappa shape index (κ3) is 3.03. The van der Waals surface area contributed by atoms with Gasteiger partial charge in [-0.3, -0.25) is 9.48 Å². The molecule has 3 N–H and O–H groups in total. The van der Waals surface area contributed by atoms with E-state index in [0.29, 0.717) is 5.69 Å². The van der Waals surface area contributed by atoms with Gasteiger partial charge in [0.25, 0.3) is 10.0 Å². The molecule has 2 heterocycles. The van der Waals surface area contributed by atoms with Crippen LogP contribution in [0.5, 0.6) is 0 Å². The van der Waals surface area contributed by atoms with Crippen molar-refractivity contribution >= 4 is 16.0 Å². The Balaban J connectivity index is 2.20. The summed E-state index contributed by atoms with van der Waals surface area (Å²) >= 11 is 0. The number of sulfonamides is 1. The average Bonchev–Trinajstić information content (AvgIpc) is 2.99. The molecule has 108 valence electrons. The Hall–Kier alpha value is -2.20. The van der Waals surface area contributed by atoms with Gasteiger partial charge in [0.05, 0.1) is 12.5 Å². The van der Waals surface area contributed by atoms with E-state index < -0.39 is 22.0 Å². The Labute approximate surface area is 114 Å². The van der Waals surface area contributed by atoms with Crippen molar-refractivity contribution in [3.05, 3.63) is 30.5 Å². The molecule has 20 heavy (non-hydrogen) atoms. The van der Waals surface area contributed by atoms with Crippen molar-refractivity contribution in [3.63, 3.8) is 0 Å². The second-order valence-electron chi connectivity index (χ2n) is 4.09. The molecule has 0 saturated heterocycles. The van der Waals surface area contributed by atoms with Crippen LogP contribution in [0.1, 0.15) is 5.69 Å². The first kappa shape index (κ1) is 14.2. The quantitative estimate of drug-likeness (QED) is 0.635. The molecule has 2 rings (SSSR count). The predicted molar refractivity (Wildman–Crippen MR) is 67.2 cm³/mol. The maximum absolute atomic E-state index is 12.1. The Morgan fingerprint density at radius 3 is 2.85 bits per heavy atom. The summed E-state index contributed by atoms with van der Waals surface area (Å²) in [7, 11) is -2.50. The van der Waals surface area contributed by atoms with E-state index in [2.05, 4.69) is 19.8 Å². The number of nitrogens with zero attached hydrogens (tertiary/aromatic N) is 3. The van der Waals surface area contributed by atoms with Crippen molar-refractivity contribution in [1.82, 2.24) is 24.5 Å². The fraction of sp³-hybridized carbons (Fsp3) is 0.300. The van der Waals surface area contributed by atoms with Gasteiger partial charge in [0.2, 0.25) is 0 Å². The number of aromatic nitrogens is 4. The van der Waals surface area contributed by atoms with E-state index in [1.807, 2.05) is 0 Å². The lowest BCUT2D eigenvalue weighted by Gasteiger charge is -2.13. The summed E-state index contributed by atoms with van der Waals surface area (Å²) < 4.78 is 27.5. The molecule has 9 nitrogen and oxygen atoms in total. The molecule has 0 aliphatic rings. The minimum atomic E-state index is -3.96. The number of hydrogen-bond acceptors (Lipinski definition) is 5. The first-order valence-corrected chi connectivity index (χ1v) is 7.09. The van der Waals surface area contributed by atoms with Crippen molar-refractivity contribution in [2.45, 2.75) is 17.5 Å². The van der Waals surface area contributed by atoms with Crippen LogP contribution < -0.4 is 4.72 Å². The van der Waals surface area contributed by atoms with E-state index in [0.717, 1.165) is 4.68 Å². The highest BCUT2D eigenvalue weighted by atomic mass is 32.2. The number of aromatic amines is 1. The molecule has 0 spiro atoms. The Bertz CT molecular complexity index is 691. The van der Waals surface area contributed by atoms with Gasteiger partial charge in [0.15, 0.2) is 5.03 Å². The molecule has 0 unspecified atom stereocenters. The van der Waals surface area contributed by atoms with Crippen LogP contribution in [-0.2, 0) is 28.3 Å². The highest BCUT2D eigenvalue weighted by molar-refractivity contribution is 7.89. The molecule has 2 aromatic heterocycles. The third-order valence-electron chi connectivity index (χ3n) is 2.63. The number of imidazole rings is 1. The predicted octanol–water partition coefficient (Wildman–Crippen LogP) is -0.883. The number of H-pyrrole nitrogens is 1. The number of carboxylic acids is 1.